The van der Waals surface area contributed by atoms with Crippen LogP contribution in [0.15, 0.2) is 12.4 Å². The van der Waals surface area contributed by atoms with Crippen LogP contribution < -0.4 is 0 Å². The summed E-state index contributed by atoms with van der Waals surface area (Å²) in [6.45, 7) is 1.95. The van der Waals surface area contributed by atoms with E-state index >= 15 is 0 Å². The maximum Gasteiger partial charge on any atom is 0.0506 e. The molecule has 1 aromatic heterocycles. The van der Waals surface area contributed by atoms with Crippen LogP contribution in [0.25, 0.3) is 0 Å². The molecule has 0 fully saturated rings. The van der Waals surface area contributed by atoms with Gasteiger partial charge in [0.1, 0.15) is 0 Å². The van der Waals surface area contributed by atoms with Crippen LogP contribution in [0.2, 0.25) is 5.02 Å². The SMILES string of the molecule is Cc1cncc(CBr)c1Cl. The Morgan fingerprint density at radius 2 is 2.30 bits per heavy atom. The molecule has 0 radical (unpaired) electrons. The quantitative estimate of drug-likeness (QED) is 0.663. The van der Waals surface area contributed by atoms with Gasteiger partial charge < -0.3 is 0 Å². The van der Waals surface area contributed by atoms with Crippen molar-refractivity contribution >= 4 is 27.5 Å². The van der Waals surface area contributed by atoms with Gasteiger partial charge in [-0.25, -0.2) is 0 Å². The minimum Gasteiger partial charge on any atom is -0.264 e. The molecule has 0 aliphatic heterocycles. The van der Waals surface area contributed by atoms with Crippen molar-refractivity contribution in [2.24, 2.45) is 0 Å². The van der Waals surface area contributed by atoms with Gasteiger partial charge in [-0.1, -0.05) is 27.5 Å². The molecule has 10 heavy (non-hydrogen) atoms. The summed E-state index contributed by atoms with van der Waals surface area (Å²) in [6.07, 6.45) is 3.53. The molecule has 1 heterocycles. The van der Waals surface area contributed by atoms with Crippen LogP contribution in [0, 0.1) is 6.92 Å². The third-order valence-electron chi connectivity index (χ3n) is 1.27. The summed E-state index contributed by atoms with van der Waals surface area (Å²) < 4.78 is 0. The first-order chi connectivity index (χ1) is 4.75. The van der Waals surface area contributed by atoms with Crippen molar-refractivity contribution in [2.75, 3.05) is 0 Å². The second-order valence-electron chi connectivity index (χ2n) is 2.06. The average Bonchev–Trinajstić information content (AvgIpc) is 1.95. The summed E-state index contributed by atoms with van der Waals surface area (Å²) in [4.78, 5) is 4.00. The maximum atomic E-state index is 5.92. The summed E-state index contributed by atoms with van der Waals surface area (Å²) in [5.41, 5.74) is 2.07. The Morgan fingerprint density at radius 3 is 2.80 bits per heavy atom. The van der Waals surface area contributed by atoms with Crippen LogP contribution in [0.3, 0.4) is 0 Å². The highest BCUT2D eigenvalue weighted by Gasteiger charge is 2.00. The summed E-state index contributed by atoms with van der Waals surface area (Å²) in [7, 11) is 0. The van der Waals surface area contributed by atoms with E-state index in [0.717, 1.165) is 21.5 Å². The van der Waals surface area contributed by atoms with Crippen molar-refractivity contribution in [2.45, 2.75) is 12.3 Å². The zero-order valence-corrected chi connectivity index (χ0v) is 7.91. The number of pyridine rings is 1. The van der Waals surface area contributed by atoms with Gasteiger partial charge in [-0.05, 0) is 18.1 Å². The van der Waals surface area contributed by atoms with Gasteiger partial charge in [0.15, 0.2) is 0 Å². The Hall–Kier alpha value is -0.0800. The summed E-state index contributed by atoms with van der Waals surface area (Å²) in [5.74, 6) is 0. The topological polar surface area (TPSA) is 12.9 Å². The Kier molecular flexibility index (Phi) is 2.69. The molecule has 1 nitrogen and oxygen atoms in total. The third-order valence-corrected chi connectivity index (χ3v) is 2.42. The number of halogens is 2. The lowest BCUT2D eigenvalue weighted by Gasteiger charge is -2.00. The number of nitrogens with zero attached hydrogens (tertiary/aromatic N) is 1. The third kappa shape index (κ3) is 1.50. The van der Waals surface area contributed by atoms with Crippen molar-refractivity contribution in [3.05, 3.63) is 28.5 Å². The molecule has 0 aliphatic carbocycles. The molecule has 0 N–H and O–H groups in total. The van der Waals surface area contributed by atoms with Crippen molar-refractivity contribution < 1.29 is 0 Å². The predicted octanol–water partition coefficient (Wildman–Crippen LogP) is 2.94. The lowest BCUT2D eigenvalue weighted by atomic mass is 10.2. The van der Waals surface area contributed by atoms with Gasteiger partial charge in [-0.15, -0.1) is 0 Å². The zero-order valence-electron chi connectivity index (χ0n) is 5.56. The monoisotopic (exact) mass is 219 g/mol. The molecule has 0 aliphatic rings. The molecule has 0 amide bonds. The normalized spacial score (nSPS) is 9.90. The van der Waals surface area contributed by atoms with E-state index in [0.29, 0.717) is 0 Å². The molecule has 0 spiro atoms. The first-order valence-corrected chi connectivity index (χ1v) is 4.40. The van der Waals surface area contributed by atoms with Crippen molar-refractivity contribution in [1.29, 1.82) is 0 Å². The molecule has 0 atom stereocenters. The molecule has 0 unspecified atom stereocenters. The van der Waals surface area contributed by atoms with E-state index in [1.807, 2.05) is 6.92 Å². The minimum absolute atomic E-state index is 0.764. The second kappa shape index (κ2) is 3.35. The lowest BCUT2D eigenvalue weighted by molar-refractivity contribution is 1.21. The molecule has 0 aromatic carbocycles. The van der Waals surface area contributed by atoms with E-state index in [-0.39, 0.29) is 0 Å². The van der Waals surface area contributed by atoms with Gasteiger partial charge in [0.05, 0.1) is 5.02 Å². The summed E-state index contributed by atoms with van der Waals surface area (Å²) in [6, 6.07) is 0. The number of hydrogen-bond acceptors (Lipinski definition) is 1. The van der Waals surface area contributed by atoms with Crippen LogP contribution in [-0.4, -0.2) is 4.98 Å². The highest BCUT2D eigenvalue weighted by Crippen LogP contribution is 2.20. The fraction of sp³-hybridized carbons (Fsp3) is 0.286. The van der Waals surface area contributed by atoms with E-state index in [9.17, 15) is 0 Å². The van der Waals surface area contributed by atoms with Crippen molar-refractivity contribution in [3.8, 4) is 0 Å². The van der Waals surface area contributed by atoms with Crippen molar-refractivity contribution in [1.82, 2.24) is 4.98 Å². The fourth-order valence-electron chi connectivity index (χ4n) is 0.699. The highest BCUT2D eigenvalue weighted by atomic mass is 79.9. The van der Waals surface area contributed by atoms with Gasteiger partial charge in [-0.3, -0.25) is 4.98 Å². The summed E-state index contributed by atoms with van der Waals surface area (Å²) >= 11 is 9.24. The lowest BCUT2D eigenvalue weighted by Crippen LogP contribution is -1.85. The second-order valence-corrected chi connectivity index (χ2v) is 3.00. The van der Waals surface area contributed by atoms with E-state index in [1.54, 1.807) is 12.4 Å². The molecular formula is C7H7BrClN. The fourth-order valence-corrected chi connectivity index (χ4v) is 1.45. The number of aromatic nitrogens is 1. The molecule has 1 aromatic rings. The largest absolute Gasteiger partial charge is 0.264 e. The smallest absolute Gasteiger partial charge is 0.0506 e. The van der Waals surface area contributed by atoms with Crippen molar-refractivity contribution in [3.63, 3.8) is 0 Å². The molecule has 54 valence electrons. The minimum atomic E-state index is 0.764. The van der Waals surface area contributed by atoms with Gasteiger partial charge in [0, 0.05) is 17.7 Å². The molecule has 0 saturated carbocycles. The predicted molar refractivity (Wildman–Crippen MR) is 46.6 cm³/mol. The van der Waals surface area contributed by atoms with E-state index in [4.69, 9.17) is 11.6 Å². The Bertz CT molecular complexity index is 237. The van der Waals surface area contributed by atoms with E-state index in [1.165, 1.54) is 0 Å². The Morgan fingerprint density at radius 1 is 1.60 bits per heavy atom. The highest BCUT2D eigenvalue weighted by molar-refractivity contribution is 9.08. The maximum absolute atomic E-state index is 5.92. The summed E-state index contributed by atoms with van der Waals surface area (Å²) in [5, 5.41) is 1.58. The van der Waals surface area contributed by atoms with Crippen LogP contribution in [0.5, 0.6) is 0 Å². The molecule has 0 bridgehead atoms. The van der Waals surface area contributed by atoms with Gasteiger partial charge in [0.25, 0.3) is 0 Å². The number of hydrogen-bond donors (Lipinski definition) is 0. The molecule has 1 rings (SSSR count). The standard InChI is InChI=1S/C7H7BrClN/c1-5-3-10-4-6(2-8)7(5)9/h3-4H,2H2,1H3. The van der Waals surface area contributed by atoms with Crippen LogP contribution >= 0.6 is 27.5 Å². The number of alkyl halides is 1. The first-order valence-electron chi connectivity index (χ1n) is 2.90. The van der Waals surface area contributed by atoms with Gasteiger partial charge in [-0.2, -0.15) is 0 Å². The molecule has 0 saturated heterocycles. The molecule has 3 heteroatoms. The van der Waals surface area contributed by atoms with Crippen LogP contribution in [-0.2, 0) is 5.33 Å². The van der Waals surface area contributed by atoms with Gasteiger partial charge in [0.2, 0.25) is 0 Å². The average molecular weight is 220 g/mol. The first kappa shape index (κ1) is 8.02. The van der Waals surface area contributed by atoms with E-state index in [2.05, 4.69) is 20.9 Å². The van der Waals surface area contributed by atoms with Crippen LogP contribution in [0.4, 0.5) is 0 Å². The van der Waals surface area contributed by atoms with Crippen LogP contribution in [0.1, 0.15) is 11.1 Å². The van der Waals surface area contributed by atoms with E-state index < -0.39 is 0 Å². The number of rotatable bonds is 1. The zero-order chi connectivity index (χ0) is 7.56. The molecular weight excluding hydrogens is 213 g/mol. The number of aryl methyl sites for hydroxylation is 1. The van der Waals surface area contributed by atoms with Gasteiger partial charge >= 0.3 is 0 Å². The Labute approximate surface area is 73.6 Å². The Balaban J connectivity index is 3.14.